The van der Waals surface area contributed by atoms with E-state index in [0.717, 1.165) is 15.8 Å². The van der Waals surface area contributed by atoms with Crippen LogP contribution in [-0.2, 0) is 0 Å². The van der Waals surface area contributed by atoms with Gasteiger partial charge in [0.05, 0.1) is 7.11 Å². The van der Waals surface area contributed by atoms with Crippen molar-refractivity contribution in [1.29, 1.82) is 0 Å². The molecule has 2 aromatic carbocycles. The molecule has 0 bridgehead atoms. The fraction of sp³-hybridized carbons (Fsp3) is 0.143. The molecule has 2 aromatic rings. The van der Waals surface area contributed by atoms with Crippen LogP contribution in [0.2, 0.25) is 0 Å². The second kappa shape index (κ2) is 4.71. The Balaban J connectivity index is 2.60. The van der Waals surface area contributed by atoms with Gasteiger partial charge in [0.1, 0.15) is 5.75 Å². The summed E-state index contributed by atoms with van der Waals surface area (Å²) in [4.78, 5) is 0. The Hall–Kier alpha value is -1.28. The summed E-state index contributed by atoms with van der Waals surface area (Å²) in [5, 5.41) is 0. The summed E-state index contributed by atoms with van der Waals surface area (Å²) in [5.41, 5.74) is 3.60. The van der Waals surface area contributed by atoms with Gasteiger partial charge in [0.25, 0.3) is 0 Å². The number of rotatable bonds is 2. The summed E-state index contributed by atoms with van der Waals surface area (Å²) in [6, 6.07) is 14.4. The normalized spacial score (nSPS) is 10.2. The van der Waals surface area contributed by atoms with Gasteiger partial charge in [-0.2, -0.15) is 0 Å². The van der Waals surface area contributed by atoms with Gasteiger partial charge < -0.3 is 4.74 Å². The van der Waals surface area contributed by atoms with Gasteiger partial charge in [0.15, 0.2) is 0 Å². The molecular formula is C14H13BrO. The van der Waals surface area contributed by atoms with Gasteiger partial charge in [0.2, 0.25) is 0 Å². The van der Waals surface area contributed by atoms with Crippen molar-refractivity contribution in [1.82, 2.24) is 0 Å². The lowest BCUT2D eigenvalue weighted by Gasteiger charge is -2.11. The van der Waals surface area contributed by atoms with Crippen molar-refractivity contribution in [2.45, 2.75) is 6.92 Å². The van der Waals surface area contributed by atoms with Crippen molar-refractivity contribution in [3.05, 3.63) is 52.5 Å². The minimum absolute atomic E-state index is 0.892. The van der Waals surface area contributed by atoms with Gasteiger partial charge in [-0.25, -0.2) is 0 Å². The largest absolute Gasteiger partial charge is 0.496 e. The first-order chi connectivity index (χ1) is 7.72. The molecule has 16 heavy (non-hydrogen) atoms. The lowest BCUT2D eigenvalue weighted by molar-refractivity contribution is 0.416. The molecule has 1 nitrogen and oxygen atoms in total. The van der Waals surface area contributed by atoms with Crippen LogP contribution in [0.5, 0.6) is 5.75 Å². The molecule has 0 fully saturated rings. The van der Waals surface area contributed by atoms with E-state index in [9.17, 15) is 0 Å². The zero-order valence-electron chi connectivity index (χ0n) is 9.33. The highest BCUT2D eigenvalue weighted by atomic mass is 79.9. The zero-order chi connectivity index (χ0) is 11.5. The van der Waals surface area contributed by atoms with E-state index in [4.69, 9.17) is 4.74 Å². The first kappa shape index (κ1) is 11.2. The van der Waals surface area contributed by atoms with E-state index < -0.39 is 0 Å². The minimum Gasteiger partial charge on any atom is -0.496 e. The Bertz CT molecular complexity index is 506. The molecule has 0 amide bonds. The van der Waals surface area contributed by atoms with Crippen molar-refractivity contribution < 1.29 is 4.74 Å². The highest BCUT2D eigenvalue weighted by molar-refractivity contribution is 9.10. The van der Waals surface area contributed by atoms with Crippen LogP contribution in [0.4, 0.5) is 0 Å². The van der Waals surface area contributed by atoms with Crippen molar-refractivity contribution in [2.75, 3.05) is 7.11 Å². The number of ether oxygens (including phenoxy) is 1. The Labute approximate surface area is 104 Å². The summed E-state index contributed by atoms with van der Waals surface area (Å²) in [7, 11) is 1.70. The predicted octanol–water partition coefficient (Wildman–Crippen LogP) is 4.43. The summed E-state index contributed by atoms with van der Waals surface area (Å²) in [6.07, 6.45) is 0. The molecule has 0 aliphatic carbocycles. The zero-order valence-corrected chi connectivity index (χ0v) is 10.9. The molecule has 0 aliphatic heterocycles. The average Bonchev–Trinajstić information content (AvgIpc) is 2.30. The van der Waals surface area contributed by atoms with E-state index in [1.54, 1.807) is 7.11 Å². The lowest BCUT2D eigenvalue weighted by Crippen LogP contribution is -1.89. The fourth-order valence-corrected chi connectivity index (χ4v) is 2.10. The first-order valence-corrected chi connectivity index (χ1v) is 5.91. The van der Waals surface area contributed by atoms with Crippen molar-refractivity contribution in [3.8, 4) is 16.9 Å². The van der Waals surface area contributed by atoms with Gasteiger partial charge in [-0.15, -0.1) is 0 Å². The van der Waals surface area contributed by atoms with Gasteiger partial charge in [-0.1, -0.05) is 40.2 Å². The Morgan fingerprint density at radius 1 is 1.00 bits per heavy atom. The number of halogens is 1. The van der Waals surface area contributed by atoms with E-state index in [-0.39, 0.29) is 0 Å². The molecule has 0 unspecified atom stereocenters. The second-order valence-electron chi connectivity index (χ2n) is 3.66. The Kier molecular flexibility index (Phi) is 3.30. The second-order valence-corrected chi connectivity index (χ2v) is 4.58. The minimum atomic E-state index is 0.892. The van der Waals surface area contributed by atoms with Gasteiger partial charge in [0, 0.05) is 10.0 Å². The standard InChI is InChI=1S/C14H13BrO/c1-10-5-3-4-6-12(10)13-8-7-11(15)9-14(13)16-2/h3-9H,1-2H3. The van der Waals surface area contributed by atoms with E-state index in [1.807, 2.05) is 24.3 Å². The number of aryl methyl sites for hydroxylation is 1. The molecule has 0 aromatic heterocycles. The molecule has 0 saturated carbocycles. The highest BCUT2D eigenvalue weighted by Crippen LogP contribution is 2.33. The van der Waals surface area contributed by atoms with Crippen LogP contribution in [-0.4, -0.2) is 7.11 Å². The molecule has 0 aliphatic rings. The van der Waals surface area contributed by atoms with Crippen LogP contribution in [0.3, 0.4) is 0 Å². The topological polar surface area (TPSA) is 9.23 Å². The molecule has 2 heteroatoms. The molecule has 0 heterocycles. The molecule has 2 rings (SSSR count). The van der Waals surface area contributed by atoms with Crippen molar-refractivity contribution >= 4 is 15.9 Å². The van der Waals surface area contributed by atoms with Crippen molar-refractivity contribution in [2.24, 2.45) is 0 Å². The predicted molar refractivity (Wildman–Crippen MR) is 70.9 cm³/mol. The van der Waals surface area contributed by atoms with Crippen LogP contribution in [0.15, 0.2) is 46.9 Å². The van der Waals surface area contributed by atoms with Crippen LogP contribution in [0.25, 0.3) is 11.1 Å². The van der Waals surface area contributed by atoms with Gasteiger partial charge in [-0.3, -0.25) is 0 Å². The number of hydrogen-bond acceptors (Lipinski definition) is 1. The molecule has 0 saturated heterocycles. The fourth-order valence-electron chi connectivity index (χ4n) is 1.76. The Morgan fingerprint density at radius 3 is 2.44 bits per heavy atom. The van der Waals surface area contributed by atoms with Crippen LogP contribution in [0, 0.1) is 6.92 Å². The molecule has 82 valence electrons. The lowest BCUT2D eigenvalue weighted by atomic mass is 10.00. The van der Waals surface area contributed by atoms with Crippen molar-refractivity contribution in [3.63, 3.8) is 0 Å². The van der Waals surface area contributed by atoms with Crippen LogP contribution in [0.1, 0.15) is 5.56 Å². The van der Waals surface area contributed by atoms with Crippen LogP contribution < -0.4 is 4.74 Å². The number of methoxy groups -OCH3 is 1. The summed E-state index contributed by atoms with van der Waals surface area (Å²) >= 11 is 3.45. The maximum atomic E-state index is 5.41. The average molecular weight is 277 g/mol. The molecular weight excluding hydrogens is 264 g/mol. The van der Waals surface area contributed by atoms with Gasteiger partial charge >= 0.3 is 0 Å². The van der Waals surface area contributed by atoms with E-state index in [0.29, 0.717) is 0 Å². The number of benzene rings is 2. The third kappa shape index (κ3) is 2.12. The third-order valence-electron chi connectivity index (χ3n) is 2.60. The van der Waals surface area contributed by atoms with E-state index in [2.05, 4.69) is 41.1 Å². The van der Waals surface area contributed by atoms with E-state index in [1.165, 1.54) is 11.1 Å². The van der Waals surface area contributed by atoms with Crippen LogP contribution >= 0.6 is 15.9 Å². The SMILES string of the molecule is COc1cc(Br)ccc1-c1ccccc1C. The monoisotopic (exact) mass is 276 g/mol. The molecule has 0 spiro atoms. The smallest absolute Gasteiger partial charge is 0.127 e. The highest BCUT2D eigenvalue weighted by Gasteiger charge is 2.07. The maximum absolute atomic E-state index is 5.41. The van der Waals surface area contributed by atoms with Gasteiger partial charge in [-0.05, 0) is 36.2 Å². The Morgan fingerprint density at radius 2 is 1.75 bits per heavy atom. The molecule has 0 radical (unpaired) electrons. The summed E-state index contributed by atoms with van der Waals surface area (Å²) in [6.45, 7) is 2.11. The molecule has 0 N–H and O–H groups in total. The third-order valence-corrected chi connectivity index (χ3v) is 3.09. The molecule has 0 atom stereocenters. The summed E-state index contributed by atoms with van der Waals surface area (Å²) in [5.74, 6) is 0.892. The maximum Gasteiger partial charge on any atom is 0.127 e. The number of hydrogen-bond donors (Lipinski definition) is 0. The quantitative estimate of drug-likeness (QED) is 0.788. The first-order valence-electron chi connectivity index (χ1n) is 5.12. The van der Waals surface area contributed by atoms with E-state index >= 15 is 0 Å². The summed E-state index contributed by atoms with van der Waals surface area (Å²) < 4.78 is 6.43.